The number of allylic oxidation sites excluding steroid dienone is 3. The summed E-state index contributed by atoms with van der Waals surface area (Å²) in [6.45, 7) is 8.19. The minimum Gasteiger partial charge on any atom is -0.216 e. The van der Waals surface area contributed by atoms with Crippen LogP contribution in [0.15, 0.2) is 88.8 Å². The lowest BCUT2D eigenvalue weighted by Crippen LogP contribution is -2.07. The maximum absolute atomic E-state index is 11.9. The largest absolute Gasteiger partial charge is 0.264 e. The predicted octanol–water partition coefficient (Wildman–Crippen LogP) is 7.90. The van der Waals surface area contributed by atoms with Gasteiger partial charge in [0.15, 0.2) is 0 Å². The highest BCUT2D eigenvalue weighted by Gasteiger charge is 2.19. The van der Waals surface area contributed by atoms with Crippen molar-refractivity contribution in [2.75, 3.05) is 0 Å². The van der Waals surface area contributed by atoms with Crippen LogP contribution < -0.4 is 0 Å². The summed E-state index contributed by atoms with van der Waals surface area (Å²) in [6.07, 6.45) is 11.6. The molecule has 0 heterocycles. The van der Waals surface area contributed by atoms with Crippen molar-refractivity contribution in [3.8, 4) is 0 Å². The SMILES string of the molecule is C=CC(C)CC/C=C/CC(CC(CC)c1ccc(S(=O)(=O)N=[N+]=[N-])cc1)c1ccccc1. The van der Waals surface area contributed by atoms with Crippen LogP contribution in [0.2, 0.25) is 0 Å². The van der Waals surface area contributed by atoms with Crippen LogP contribution in [0.1, 0.15) is 68.9 Å². The fraction of sp³-hybridized carbons (Fsp3) is 0.385. The van der Waals surface area contributed by atoms with Gasteiger partial charge in [-0.1, -0.05) is 74.5 Å². The number of sulfonamides is 1. The lowest BCUT2D eigenvalue weighted by Gasteiger charge is -2.23. The monoisotopic (exact) mass is 451 g/mol. The highest BCUT2D eigenvalue weighted by atomic mass is 32.2. The standard InChI is InChI=1S/C26H33N3O2S/c1-4-21(3)12-8-6-11-15-25(23-13-9-7-10-14-23)20-22(5-2)24-16-18-26(19-17-24)32(30,31)29-28-27/h4,6-7,9-11,13-14,16-19,21-22,25H,1,5,8,12,15,20H2,2-3H3/b11-6+. The van der Waals surface area contributed by atoms with Gasteiger partial charge in [0.2, 0.25) is 0 Å². The van der Waals surface area contributed by atoms with E-state index in [1.54, 1.807) is 0 Å². The molecule has 32 heavy (non-hydrogen) atoms. The quantitative estimate of drug-likeness (QED) is 0.134. The molecule has 2 rings (SSSR count). The van der Waals surface area contributed by atoms with Gasteiger partial charge in [0.05, 0.1) is 4.90 Å². The van der Waals surface area contributed by atoms with E-state index < -0.39 is 10.0 Å². The minimum absolute atomic E-state index is 0.0187. The number of benzene rings is 2. The van der Waals surface area contributed by atoms with Gasteiger partial charge in [-0.3, -0.25) is 0 Å². The highest BCUT2D eigenvalue weighted by Crippen LogP contribution is 2.35. The Hall–Kier alpha value is -2.82. The fourth-order valence-electron chi connectivity index (χ4n) is 3.84. The van der Waals surface area contributed by atoms with Crippen molar-refractivity contribution in [1.29, 1.82) is 0 Å². The fourth-order valence-corrected chi connectivity index (χ4v) is 4.51. The van der Waals surface area contributed by atoms with E-state index in [1.165, 1.54) is 17.7 Å². The predicted molar refractivity (Wildman–Crippen MR) is 132 cm³/mol. The molecule has 0 aliphatic carbocycles. The number of hydrogen-bond acceptors (Lipinski definition) is 2. The molecule has 2 aromatic carbocycles. The summed E-state index contributed by atoms with van der Waals surface area (Å²) in [5, 5.41) is 0. The first-order chi connectivity index (χ1) is 15.4. The summed E-state index contributed by atoms with van der Waals surface area (Å²) < 4.78 is 26.8. The smallest absolute Gasteiger partial charge is 0.216 e. The van der Waals surface area contributed by atoms with Gasteiger partial charge < -0.3 is 0 Å². The second-order valence-corrected chi connectivity index (χ2v) is 9.75. The molecule has 0 saturated heterocycles. The van der Waals surface area contributed by atoms with E-state index in [9.17, 15) is 8.42 Å². The van der Waals surface area contributed by atoms with Crippen LogP contribution in [0.4, 0.5) is 0 Å². The molecule has 0 saturated carbocycles. The van der Waals surface area contributed by atoms with Gasteiger partial charge in [-0.2, -0.15) is 0 Å². The lowest BCUT2D eigenvalue weighted by atomic mass is 9.82. The van der Waals surface area contributed by atoms with E-state index >= 15 is 0 Å². The topological polar surface area (TPSA) is 82.9 Å². The van der Waals surface area contributed by atoms with Crippen molar-refractivity contribution in [3.63, 3.8) is 0 Å². The van der Waals surface area contributed by atoms with Crippen molar-refractivity contribution in [2.24, 2.45) is 10.4 Å². The van der Waals surface area contributed by atoms with Crippen molar-refractivity contribution in [2.45, 2.75) is 62.7 Å². The Morgan fingerprint density at radius 3 is 2.28 bits per heavy atom. The minimum atomic E-state index is -3.96. The second kappa shape index (κ2) is 12.9. The van der Waals surface area contributed by atoms with Crippen LogP contribution in [0.25, 0.3) is 10.4 Å². The molecule has 2 aromatic rings. The Kier molecular flexibility index (Phi) is 10.3. The first-order valence-corrected chi connectivity index (χ1v) is 12.6. The van der Waals surface area contributed by atoms with Crippen molar-refractivity contribution in [3.05, 3.63) is 101 Å². The second-order valence-electron chi connectivity index (χ2n) is 8.16. The molecule has 3 atom stereocenters. The third kappa shape index (κ3) is 7.70. The van der Waals surface area contributed by atoms with Gasteiger partial charge in [0.1, 0.15) is 0 Å². The molecule has 0 aliphatic rings. The molecule has 6 heteroatoms. The van der Waals surface area contributed by atoms with E-state index in [0.29, 0.717) is 17.8 Å². The van der Waals surface area contributed by atoms with E-state index in [0.717, 1.165) is 37.7 Å². The summed E-state index contributed by atoms with van der Waals surface area (Å²) in [5.74, 6) is 1.20. The molecule has 0 amide bonds. The van der Waals surface area contributed by atoms with Gasteiger partial charge >= 0.3 is 0 Å². The maximum atomic E-state index is 11.9. The van der Waals surface area contributed by atoms with Crippen LogP contribution in [0.3, 0.4) is 0 Å². The molecular weight excluding hydrogens is 418 g/mol. The average Bonchev–Trinajstić information content (AvgIpc) is 2.81. The van der Waals surface area contributed by atoms with Gasteiger partial charge in [-0.25, -0.2) is 8.42 Å². The molecule has 0 aromatic heterocycles. The van der Waals surface area contributed by atoms with Crippen molar-refractivity contribution >= 4 is 10.0 Å². The Morgan fingerprint density at radius 1 is 1.03 bits per heavy atom. The molecule has 0 bridgehead atoms. The number of nitrogens with zero attached hydrogens (tertiary/aromatic N) is 3. The van der Waals surface area contributed by atoms with Crippen LogP contribution in [0.5, 0.6) is 0 Å². The normalized spacial score (nSPS) is 14.4. The summed E-state index contributed by atoms with van der Waals surface area (Å²) in [7, 11) is -3.96. The van der Waals surface area contributed by atoms with Crippen molar-refractivity contribution < 1.29 is 8.42 Å². The first kappa shape index (κ1) is 25.4. The van der Waals surface area contributed by atoms with Crippen LogP contribution in [-0.4, -0.2) is 8.42 Å². The molecular formula is C26H33N3O2S. The Morgan fingerprint density at radius 2 is 1.69 bits per heavy atom. The van der Waals surface area contributed by atoms with Gasteiger partial charge in [0.25, 0.3) is 10.0 Å². The zero-order chi connectivity index (χ0) is 23.4. The molecule has 0 N–H and O–H groups in total. The zero-order valence-electron chi connectivity index (χ0n) is 19.0. The van der Waals surface area contributed by atoms with E-state index in [-0.39, 0.29) is 4.90 Å². The number of hydrogen-bond donors (Lipinski definition) is 0. The Balaban J connectivity index is 2.16. The summed E-state index contributed by atoms with van der Waals surface area (Å²) in [6, 6.07) is 17.3. The van der Waals surface area contributed by atoms with Crippen LogP contribution >= 0.6 is 0 Å². The molecule has 0 fully saturated rings. The molecule has 0 radical (unpaired) electrons. The molecule has 0 aliphatic heterocycles. The molecule has 0 spiro atoms. The molecule has 3 unspecified atom stereocenters. The van der Waals surface area contributed by atoms with E-state index in [1.807, 2.05) is 24.3 Å². The van der Waals surface area contributed by atoms with Gasteiger partial charge in [-0.15, -0.1) is 6.58 Å². The van der Waals surface area contributed by atoms with Crippen LogP contribution in [0, 0.1) is 5.92 Å². The van der Waals surface area contributed by atoms with Gasteiger partial charge in [-0.05, 0) is 78.6 Å². The Labute approximate surface area is 192 Å². The van der Waals surface area contributed by atoms with E-state index in [4.69, 9.17) is 5.53 Å². The summed E-state index contributed by atoms with van der Waals surface area (Å²) in [4.78, 5) is 2.43. The zero-order valence-corrected chi connectivity index (χ0v) is 19.8. The van der Waals surface area contributed by atoms with Crippen LogP contribution in [-0.2, 0) is 10.0 Å². The van der Waals surface area contributed by atoms with Gasteiger partial charge in [0, 0.05) is 9.43 Å². The van der Waals surface area contributed by atoms with Crippen molar-refractivity contribution in [1.82, 2.24) is 0 Å². The third-order valence-electron chi connectivity index (χ3n) is 5.90. The third-order valence-corrected chi connectivity index (χ3v) is 7.06. The highest BCUT2D eigenvalue weighted by molar-refractivity contribution is 7.90. The summed E-state index contributed by atoms with van der Waals surface area (Å²) >= 11 is 0. The molecule has 5 nitrogen and oxygen atoms in total. The lowest BCUT2D eigenvalue weighted by molar-refractivity contribution is 0.521. The molecule has 170 valence electrons. The summed E-state index contributed by atoms with van der Waals surface area (Å²) in [5.41, 5.74) is 10.9. The van der Waals surface area contributed by atoms with E-state index in [2.05, 4.69) is 66.3 Å². The average molecular weight is 452 g/mol. The number of azide groups is 1. The number of rotatable bonds is 13. The Bertz CT molecular complexity index is 1020. The maximum Gasteiger partial charge on any atom is 0.264 e. The first-order valence-electron chi connectivity index (χ1n) is 11.1.